The van der Waals surface area contributed by atoms with E-state index in [4.69, 9.17) is 0 Å². The molecule has 8 heteroatoms. The molecule has 1 rings (SSSR count). The van der Waals surface area contributed by atoms with Crippen molar-refractivity contribution in [3.8, 4) is 0 Å². The molecule has 0 fully saturated rings. The summed E-state index contributed by atoms with van der Waals surface area (Å²) in [4.78, 5) is 11.5. The molecule has 0 saturated heterocycles. The lowest BCUT2D eigenvalue weighted by atomic mass is 9.83. The summed E-state index contributed by atoms with van der Waals surface area (Å²) in [6, 6.07) is 0. The monoisotopic (exact) mass is 285 g/mol. The molecular weight excluding hydrogens is 271 g/mol. The highest BCUT2D eigenvalue weighted by molar-refractivity contribution is 7.90. The van der Waals surface area contributed by atoms with Crippen molar-refractivity contribution >= 4 is 15.9 Å². The van der Waals surface area contributed by atoms with Crippen molar-refractivity contribution in [2.24, 2.45) is 11.8 Å². The highest BCUT2D eigenvalue weighted by Crippen LogP contribution is 2.29. The standard InChI is InChI=1S/C10H14F3NO3S/c1-6-3-4-8(7(2)5-6)9(15)14-18(16,17)10(11,12)13/h4,6-7H,3,5H2,1-2H3,(H,14,15). The maximum atomic E-state index is 12.1. The number of halogens is 3. The molecule has 0 aromatic carbocycles. The minimum absolute atomic E-state index is 0.0981. The molecule has 0 aromatic heterocycles. The summed E-state index contributed by atoms with van der Waals surface area (Å²) < 4.78 is 58.9. The van der Waals surface area contributed by atoms with Gasteiger partial charge in [-0.05, 0) is 24.7 Å². The van der Waals surface area contributed by atoms with Gasteiger partial charge >= 0.3 is 15.5 Å². The highest BCUT2D eigenvalue weighted by atomic mass is 32.2. The Labute approximate surface area is 103 Å². The summed E-state index contributed by atoms with van der Waals surface area (Å²) in [7, 11) is -5.62. The maximum Gasteiger partial charge on any atom is 0.516 e. The number of nitrogens with one attached hydrogen (secondary N) is 1. The average molecular weight is 285 g/mol. The zero-order valence-electron chi connectivity index (χ0n) is 9.91. The van der Waals surface area contributed by atoms with Gasteiger partial charge in [0, 0.05) is 5.57 Å². The van der Waals surface area contributed by atoms with Gasteiger partial charge in [-0.25, -0.2) is 4.72 Å². The molecule has 104 valence electrons. The molecule has 1 amide bonds. The number of carbonyl (C=O) groups is 1. The number of sulfonamides is 1. The maximum absolute atomic E-state index is 12.1. The lowest BCUT2D eigenvalue weighted by molar-refractivity contribution is -0.117. The number of rotatable bonds is 2. The fourth-order valence-electron chi connectivity index (χ4n) is 1.91. The second kappa shape index (κ2) is 4.91. The van der Waals surface area contributed by atoms with E-state index in [2.05, 4.69) is 0 Å². The third-order valence-corrected chi connectivity index (χ3v) is 3.88. The number of alkyl halides is 3. The first-order chi connectivity index (χ1) is 8.04. The van der Waals surface area contributed by atoms with Crippen LogP contribution in [0.2, 0.25) is 0 Å². The highest BCUT2D eigenvalue weighted by Gasteiger charge is 2.47. The Morgan fingerprint density at radius 2 is 1.94 bits per heavy atom. The first-order valence-electron chi connectivity index (χ1n) is 5.38. The van der Waals surface area contributed by atoms with Crippen LogP contribution in [0.4, 0.5) is 13.2 Å². The van der Waals surface area contributed by atoms with Crippen molar-refractivity contribution < 1.29 is 26.4 Å². The molecular formula is C10H14F3NO3S. The van der Waals surface area contributed by atoms with Crippen LogP contribution in [-0.2, 0) is 14.8 Å². The first kappa shape index (κ1) is 15.0. The summed E-state index contributed by atoms with van der Waals surface area (Å²) >= 11 is 0. The number of amides is 1. The van der Waals surface area contributed by atoms with E-state index in [1.165, 1.54) is 6.08 Å². The molecule has 0 aliphatic heterocycles. The van der Waals surface area contributed by atoms with Gasteiger partial charge in [-0.15, -0.1) is 0 Å². The van der Waals surface area contributed by atoms with Crippen molar-refractivity contribution in [3.63, 3.8) is 0 Å². The van der Waals surface area contributed by atoms with Crippen molar-refractivity contribution in [3.05, 3.63) is 11.6 Å². The average Bonchev–Trinajstić information content (AvgIpc) is 2.14. The zero-order valence-corrected chi connectivity index (χ0v) is 10.7. The molecule has 0 aromatic rings. The zero-order chi connectivity index (χ0) is 14.1. The Morgan fingerprint density at radius 3 is 2.39 bits per heavy atom. The van der Waals surface area contributed by atoms with E-state index in [0.717, 1.165) is 4.72 Å². The van der Waals surface area contributed by atoms with Crippen molar-refractivity contribution in [1.82, 2.24) is 4.72 Å². The molecule has 2 unspecified atom stereocenters. The summed E-state index contributed by atoms with van der Waals surface area (Å²) in [6.45, 7) is 3.63. The fraction of sp³-hybridized carbons (Fsp3) is 0.700. The Kier molecular flexibility index (Phi) is 4.09. The molecule has 0 spiro atoms. The van der Waals surface area contributed by atoms with Crippen LogP contribution in [0.1, 0.15) is 26.7 Å². The van der Waals surface area contributed by atoms with Crippen LogP contribution in [0, 0.1) is 11.8 Å². The molecule has 0 heterocycles. The second-order valence-electron chi connectivity index (χ2n) is 4.52. The van der Waals surface area contributed by atoms with Gasteiger partial charge in [-0.1, -0.05) is 19.9 Å². The van der Waals surface area contributed by atoms with Crippen LogP contribution < -0.4 is 4.72 Å². The van der Waals surface area contributed by atoms with E-state index in [1.54, 1.807) is 6.92 Å². The largest absolute Gasteiger partial charge is 0.516 e. The molecule has 1 N–H and O–H groups in total. The van der Waals surface area contributed by atoms with Crippen LogP contribution in [0.5, 0.6) is 0 Å². The van der Waals surface area contributed by atoms with Crippen LogP contribution in [0.3, 0.4) is 0 Å². The fourth-order valence-corrected chi connectivity index (χ4v) is 2.39. The molecule has 1 aliphatic carbocycles. The van der Waals surface area contributed by atoms with Gasteiger partial charge in [-0.2, -0.15) is 21.6 Å². The Morgan fingerprint density at radius 1 is 1.39 bits per heavy atom. The van der Waals surface area contributed by atoms with Gasteiger partial charge in [0.15, 0.2) is 0 Å². The van der Waals surface area contributed by atoms with E-state index in [0.29, 0.717) is 18.8 Å². The molecule has 18 heavy (non-hydrogen) atoms. The van der Waals surface area contributed by atoms with Gasteiger partial charge in [0.1, 0.15) is 0 Å². The van der Waals surface area contributed by atoms with E-state index < -0.39 is 21.4 Å². The number of hydrogen-bond donors (Lipinski definition) is 1. The van der Waals surface area contributed by atoms with E-state index >= 15 is 0 Å². The molecule has 0 radical (unpaired) electrons. The van der Waals surface area contributed by atoms with Crippen molar-refractivity contribution in [2.75, 3.05) is 0 Å². The molecule has 2 atom stereocenters. The SMILES string of the molecule is CC1CC=C(C(=O)NS(=O)(=O)C(F)(F)F)C(C)C1. The Balaban J connectivity index is 2.85. The summed E-state index contributed by atoms with van der Waals surface area (Å²) in [5.74, 6) is -1.11. The first-order valence-corrected chi connectivity index (χ1v) is 6.86. The van der Waals surface area contributed by atoms with Crippen molar-refractivity contribution in [2.45, 2.75) is 32.2 Å². The minimum atomic E-state index is -5.62. The Hall–Kier alpha value is -1.05. The predicted molar refractivity (Wildman–Crippen MR) is 58.8 cm³/mol. The van der Waals surface area contributed by atoms with Gasteiger partial charge in [0.25, 0.3) is 5.91 Å². The normalized spacial score (nSPS) is 25.5. The van der Waals surface area contributed by atoms with Crippen LogP contribution in [0.25, 0.3) is 0 Å². The summed E-state index contributed by atoms with van der Waals surface area (Å²) in [5.41, 5.74) is -5.38. The predicted octanol–water partition coefficient (Wildman–Crippen LogP) is 1.94. The molecule has 0 bridgehead atoms. The lowest BCUT2D eigenvalue weighted by Gasteiger charge is -2.24. The van der Waals surface area contributed by atoms with Crippen LogP contribution >= 0.6 is 0 Å². The summed E-state index contributed by atoms with van der Waals surface area (Å²) in [5, 5.41) is 0. The van der Waals surface area contributed by atoms with Crippen LogP contribution in [-0.4, -0.2) is 19.8 Å². The number of allylic oxidation sites excluding steroid dienone is 1. The van der Waals surface area contributed by atoms with E-state index in [1.807, 2.05) is 6.92 Å². The third-order valence-electron chi connectivity index (χ3n) is 2.82. The lowest BCUT2D eigenvalue weighted by Crippen LogP contribution is -2.42. The van der Waals surface area contributed by atoms with Gasteiger partial charge < -0.3 is 0 Å². The van der Waals surface area contributed by atoms with Gasteiger partial charge in [-0.3, -0.25) is 4.79 Å². The number of hydrogen-bond acceptors (Lipinski definition) is 3. The second-order valence-corrected chi connectivity index (χ2v) is 6.19. The molecule has 0 saturated carbocycles. The topological polar surface area (TPSA) is 63.2 Å². The third kappa shape index (κ3) is 3.24. The van der Waals surface area contributed by atoms with Crippen LogP contribution in [0.15, 0.2) is 11.6 Å². The smallest absolute Gasteiger partial charge is 0.269 e. The molecule has 1 aliphatic rings. The van der Waals surface area contributed by atoms with Gasteiger partial charge in [0.05, 0.1) is 0 Å². The quantitative estimate of drug-likeness (QED) is 0.843. The van der Waals surface area contributed by atoms with Crippen molar-refractivity contribution in [1.29, 1.82) is 0 Å². The van der Waals surface area contributed by atoms with E-state index in [-0.39, 0.29) is 11.5 Å². The Bertz CT molecular complexity index is 467. The minimum Gasteiger partial charge on any atom is -0.269 e. The van der Waals surface area contributed by atoms with Gasteiger partial charge in [0.2, 0.25) is 0 Å². The van der Waals surface area contributed by atoms with E-state index in [9.17, 15) is 26.4 Å². The number of carbonyl (C=O) groups excluding carboxylic acids is 1. The molecule has 4 nitrogen and oxygen atoms in total. The summed E-state index contributed by atoms with van der Waals surface area (Å²) in [6.07, 6.45) is 2.70.